The molecule has 0 spiro atoms. The van der Waals surface area contributed by atoms with Gasteiger partial charge in [-0.2, -0.15) is 5.10 Å². The zero-order valence-electron chi connectivity index (χ0n) is 12.6. The number of esters is 2. The van der Waals surface area contributed by atoms with Gasteiger partial charge in [0, 0.05) is 6.20 Å². The quantitative estimate of drug-likeness (QED) is 0.766. The fourth-order valence-corrected chi connectivity index (χ4v) is 1.92. The third-order valence-electron chi connectivity index (χ3n) is 2.95. The lowest BCUT2D eigenvalue weighted by atomic mass is 10.1. The molecule has 2 rings (SSSR count). The Hall–Kier alpha value is -2.63. The maximum absolute atomic E-state index is 11.6. The van der Waals surface area contributed by atoms with E-state index in [0.29, 0.717) is 30.9 Å². The molecule has 0 aliphatic heterocycles. The molecule has 0 fully saturated rings. The highest BCUT2D eigenvalue weighted by Crippen LogP contribution is 2.09. The fraction of sp³-hybridized carbons (Fsp3) is 0.312. The van der Waals surface area contributed by atoms with Crippen LogP contribution in [-0.4, -0.2) is 34.9 Å². The van der Waals surface area contributed by atoms with Crippen molar-refractivity contribution in [3.8, 4) is 0 Å². The number of ether oxygens (including phenoxy) is 2. The Morgan fingerprint density at radius 3 is 2.18 bits per heavy atom. The molecule has 2 aromatic rings. The molecule has 0 unspecified atom stereocenters. The lowest BCUT2D eigenvalue weighted by molar-refractivity contribution is 0.0516. The summed E-state index contributed by atoms with van der Waals surface area (Å²) in [5.41, 5.74) is 1.90. The third kappa shape index (κ3) is 3.94. The second kappa shape index (κ2) is 7.40. The molecule has 1 heterocycles. The van der Waals surface area contributed by atoms with Crippen molar-refractivity contribution in [1.82, 2.24) is 9.78 Å². The predicted octanol–water partition coefficient (Wildman–Crippen LogP) is 2.28. The first kappa shape index (κ1) is 15.8. The van der Waals surface area contributed by atoms with Gasteiger partial charge < -0.3 is 9.47 Å². The lowest BCUT2D eigenvalue weighted by Gasteiger charge is -2.04. The molecule has 1 aromatic heterocycles. The largest absolute Gasteiger partial charge is 0.462 e. The van der Waals surface area contributed by atoms with Crippen molar-refractivity contribution < 1.29 is 19.1 Å². The van der Waals surface area contributed by atoms with Crippen molar-refractivity contribution in [2.24, 2.45) is 0 Å². The first-order valence-electron chi connectivity index (χ1n) is 7.09. The maximum Gasteiger partial charge on any atom is 0.341 e. The van der Waals surface area contributed by atoms with E-state index in [1.165, 1.54) is 6.20 Å². The first-order chi connectivity index (χ1) is 10.6. The summed E-state index contributed by atoms with van der Waals surface area (Å²) in [4.78, 5) is 23.1. The molecule has 6 nitrogen and oxygen atoms in total. The van der Waals surface area contributed by atoms with Gasteiger partial charge in [0.2, 0.25) is 0 Å². The van der Waals surface area contributed by atoms with Crippen molar-refractivity contribution in [2.45, 2.75) is 20.4 Å². The summed E-state index contributed by atoms with van der Waals surface area (Å²) < 4.78 is 11.5. The van der Waals surface area contributed by atoms with Crippen LogP contribution in [0.1, 0.15) is 40.1 Å². The van der Waals surface area contributed by atoms with Crippen molar-refractivity contribution in [3.63, 3.8) is 0 Å². The Morgan fingerprint density at radius 2 is 1.59 bits per heavy atom. The minimum absolute atomic E-state index is 0.333. The highest BCUT2D eigenvalue weighted by atomic mass is 16.5. The molecule has 0 aliphatic carbocycles. The Labute approximate surface area is 128 Å². The molecule has 0 N–H and O–H groups in total. The highest BCUT2D eigenvalue weighted by molar-refractivity contribution is 5.89. The zero-order valence-corrected chi connectivity index (χ0v) is 12.6. The minimum atomic E-state index is -0.383. The second-order valence-electron chi connectivity index (χ2n) is 4.56. The van der Waals surface area contributed by atoms with E-state index < -0.39 is 0 Å². The summed E-state index contributed by atoms with van der Waals surface area (Å²) in [6.45, 7) is 4.71. The first-order valence-corrected chi connectivity index (χ1v) is 7.09. The summed E-state index contributed by atoms with van der Waals surface area (Å²) >= 11 is 0. The van der Waals surface area contributed by atoms with Crippen LogP contribution < -0.4 is 0 Å². The molecule has 116 valence electrons. The number of carbonyl (C=O) groups is 2. The van der Waals surface area contributed by atoms with Gasteiger partial charge in [-0.15, -0.1) is 0 Å². The van der Waals surface area contributed by atoms with Crippen molar-refractivity contribution in [1.29, 1.82) is 0 Å². The fourth-order valence-electron chi connectivity index (χ4n) is 1.92. The molecule has 0 atom stereocenters. The summed E-state index contributed by atoms with van der Waals surface area (Å²) in [7, 11) is 0. The van der Waals surface area contributed by atoms with Crippen molar-refractivity contribution >= 4 is 11.9 Å². The Bertz CT molecular complexity index is 646. The van der Waals surface area contributed by atoms with Crippen LogP contribution in [0.4, 0.5) is 0 Å². The van der Waals surface area contributed by atoms with Crippen LogP contribution in [-0.2, 0) is 16.0 Å². The standard InChI is InChI=1S/C16H18N2O4/c1-3-21-15(19)13-7-5-12(6-8-13)10-18-11-14(9-17-18)16(20)22-4-2/h5-9,11H,3-4,10H2,1-2H3. The molecule has 0 radical (unpaired) electrons. The molecule has 1 aromatic carbocycles. The monoisotopic (exact) mass is 302 g/mol. The topological polar surface area (TPSA) is 70.4 Å². The van der Waals surface area contributed by atoms with Crippen LogP contribution in [0.2, 0.25) is 0 Å². The number of carbonyl (C=O) groups excluding carboxylic acids is 2. The van der Waals surface area contributed by atoms with Gasteiger partial charge in [0.25, 0.3) is 0 Å². The van der Waals surface area contributed by atoms with Crippen LogP contribution in [0.15, 0.2) is 36.7 Å². The normalized spacial score (nSPS) is 10.3. The van der Waals surface area contributed by atoms with Crippen LogP contribution in [0.3, 0.4) is 0 Å². The van der Waals surface area contributed by atoms with Gasteiger partial charge >= 0.3 is 11.9 Å². The van der Waals surface area contributed by atoms with Crippen molar-refractivity contribution in [2.75, 3.05) is 13.2 Å². The Morgan fingerprint density at radius 1 is 1.00 bits per heavy atom. The zero-order chi connectivity index (χ0) is 15.9. The average Bonchev–Trinajstić information content (AvgIpc) is 2.97. The van der Waals surface area contributed by atoms with Crippen LogP contribution >= 0.6 is 0 Å². The molecule has 0 saturated carbocycles. The van der Waals surface area contributed by atoms with Gasteiger partial charge in [0.05, 0.1) is 37.1 Å². The number of nitrogens with zero attached hydrogens (tertiary/aromatic N) is 2. The minimum Gasteiger partial charge on any atom is -0.462 e. The molecule has 0 bridgehead atoms. The lowest BCUT2D eigenvalue weighted by Crippen LogP contribution is -2.06. The van der Waals surface area contributed by atoms with Gasteiger partial charge in [-0.3, -0.25) is 4.68 Å². The smallest absolute Gasteiger partial charge is 0.341 e. The molecule has 0 amide bonds. The number of benzene rings is 1. The van der Waals surface area contributed by atoms with Gasteiger partial charge in [0.1, 0.15) is 0 Å². The van der Waals surface area contributed by atoms with E-state index in [1.54, 1.807) is 36.9 Å². The van der Waals surface area contributed by atoms with Gasteiger partial charge in [-0.05, 0) is 31.5 Å². The second-order valence-corrected chi connectivity index (χ2v) is 4.56. The molecule has 6 heteroatoms. The summed E-state index contributed by atoms with van der Waals surface area (Å²) in [5, 5.41) is 4.13. The Kier molecular flexibility index (Phi) is 5.30. The summed E-state index contributed by atoms with van der Waals surface area (Å²) in [5.74, 6) is -0.718. The number of hydrogen-bond donors (Lipinski definition) is 0. The van der Waals surface area contributed by atoms with E-state index in [2.05, 4.69) is 5.10 Å². The number of hydrogen-bond acceptors (Lipinski definition) is 5. The molecular formula is C16H18N2O4. The summed E-state index contributed by atoms with van der Waals surface area (Å²) in [6, 6.07) is 7.09. The predicted molar refractivity (Wildman–Crippen MR) is 79.7 cm³/mol. The Balaban J connectivity index is 2.02. The van der Waals surface area contributed by atoms with Gasteiger partial charge in [-0.25, -0.2) is 9.59 Å². The number of aromatic nitrogens is 2. The van der Waals surface area contributed by atoms with Crippen LogP contribution in [0.5, 0.6) is 0 Å². The number of rotatable bonds is 6. The third-order valence-corrected chi connectivity index (χ3v) is 2.95. The van der Waals surface area contributed by atoms with Crippen LogP contribution in [0.25, 0.3) is 0 Å². The van der Waals surface area contributed by atoms with Crippen molar-refractivity contribution in [3.05, 3.63) is 53.3 Å². The molecule has 0 aliphatic rings. The van der Waals surface area contributed by atoms with Gasteiger partial charge in [-0.1, -0.05) is 12.1 Å². The van der Waals surface area contributed by atoms with Crippen LogP contribution in [0, 0.1) is 0 Å². The van der Waals surface area contributed by atoms with E-state index in [4.69, 9.17) is 9.47 Å². The van der Waals surface area contributed by atoms with E-state index in [1.807, 2.05) is 12.1 Å². The highest BCUT2D eigenvalue weighted by Gasteiger charge is 2.10. The van der Waals surface area contributed by atoms with E-state index in [0.717, 1.165) is 5.56 Å². The maximum atomic E-state index is 11.6. The average molecular weight is 302 g/mol. The van der Waals surface area contributed by atoms with Gasteiger partial charge in [0.15, 0.2) is 0 Å². The SMILES string of the molecule is CCOC(=O)c1ccc(Cn2cc(C(=O)OCC)cn2)cc1. The molecular weight excluding hydrogens is 284 g/mol. The van der Waals surface area contributed by atoms with E-state index >= 15 is 0 Å². The van der Waals surface area contributed by atoms with E-state index in [-0.39, 0.29) is 11.9 Å². The molecule has 22 heavy (non-hydrogen) atoms. The summed E-state index contributed by atoms with van der Waals surface area (Å²) in [6.07, 6.45) is 3.11. The molecule has 0 saturated heterocycles. The van der Waals surface area contributed by atoms with E-state index in [9.17, 15) is 9.59 Å².